The van der Waals surface area contributed by atoms with Crippen molar-refractivity contribution in [2.24, 2.45) is 0 Å². The SMILES string of the molecule is C=C/C(=C\C=C(/C)N(C)/C(C)=C/C=C\CC)c1ccccc1. The lowest BCUT2D eigenvalue weighted by Crippen LogP contribution is -2.12. The van der Waals surface area contributed by atoms with E-state index in [0.717, 1.165) is 12.0 Å². The standard InChI is InChI=1S/C21H27N/c1-6-8-10-13-18(3)22(5)19(4)16-17-20(7-2)21-14-11-9-12-15-21/h7-17H,2,6H2,1,3-5H3/b10-8-,18-13+,19-16+,20-17+. The number of hydrogen-bond acceptors (Lipinski definition) is 1. The van der Waals surface area contributed by atoms with Gasteiger partial charge in [-0.1, -0.05) is 68.1 Å². The van der Waals surface area contributed by atoms with E-state index in [2.05, 4.69) is 81.8 Å². The third-order valence-corrected chi connectivity index (χ3v) is 3.60. The molecule has 0 N–H and O–H groups in total. The highest BCUT2D eigenvalue weighted by Crippen LogP contribution is 2.16. The molecule has 0 amide bonds. The van der Waals surface area contributed by atoms with Gasteiger partial charge in [0.2, 0.25) is 0 Å². The van der Waals surface area contributed by atoms with E-state index in [1.807, 2.05) is 24.3 Å². The molecule has 116 valence electrons. The van der Waals surface area contributed by atoms with Gasteiger partial charge in [-0.05, 0) is 43.6 Å². The number of allylic oxidation sites excluding steroid dienone is 9. The minimum atomic E-state index is 1.06. The molecule has 0 aliphatic rings. The first-order valence-corrected chi connectivity index (χ1v) is 7.73. The second-order valence-electron chi connectivity index (χ2n) is 5.20. The molecule has 0 aliphatic heterocycles. The zero-order valence-electron chi connectivity index (χ0n) is 14.2. The topological polar surface area (TPSA) is 3.24 Å². The fraction of sp³-hybridized carbons (Fsp3) is 0.238. The van der Waals surface area contributed by atoms with Crippen LogP contribution in [0.4, 0.5) is 0 Å². The smallest absolute Gasteiger partial charge is 0.0142 e. The molecule has 0 spiro atoms. The van der Waals surface area contributed by atoms with E-state index in [-0.39, 0.29) is 0 Å². The molecule has 1 rings (SSSR count). The number of nitrogens with zero attached hydrogens (tertiary/aromatic N) is 1. The van der Waals surface area contributed by atoms with Crippen molar-refractivity contribution in [3.63, 3.8) is 0 Å². The van der Waals surface area contributed by atoms with E-state index in [4.69, 9.17) is 0 Å². The number of rotatable bonds is 7. The molecule has 0 aliphatic carbocycles. The molecule has 0 atom stereocenters. The summed E-state index contributed by atoms with van der Waals surface area (Å²) in [6, 6.07) is 10.3. The Morgan fingerprint density at radius 2 is 1.68 bits per heavy atom. The molecule has 0 heterocycles. The van der Waals surface area contributed by atoms with Gasteiger partial charge in [0.25, 0.3) is 0 Å². The Bertz CT molecular complexity index is 586. The molecule has 1 aromatic rings. The quantitative estimate of drug-likeness (QED) is 0.560. The van der Waals surface area contributed by atoms with Gasteiger partial charge in [0.05, 0.1) is 0 Å². The van der Waals surface area contributed by atoms with Crippen molar-refractivity contribution in [1.82, 2.24) is 4.90 Å². The van der Waals surface area contributed by atoms with Gasteiger partial charge in [-0.25, -0.2) is 0 Å². The van der Waals surface area contributed by atoms with E-state index in [1.165, 1.54) is 17.0 Å². The van der Waals surface area contributed by atoms with Gasteiger partial charge in [-0.2, -0.15) is 0 Å². The Balaban J connectivity index is 2.91. The van der Waals surface area contributed by atoms with Gasteiger partial charge in [0.1, 0.15) is 0 Å². The molecule has 0 radical (unpaired) electrons. The third kappa shape index (κ3) is 5.61. The highest BCUT2D eigenvalue weighted by atomic mass is 15.1. The van der Waals surface area contributed by atoms with Crippen molar-refractivity contribution in [1.29, 1.82) is 0 Å². The average molecular weight is 293 g/mol. The van der Waals surface area contributed by atoms with Crippen LogP contribution in [0.1, 0.15) is 32.8 Å². The van der Waals surface area contributed by atoms with Crippen molar-refractivity contribution >= 4 is 5.57 Å². The average Bonchev–Trinajstić information content (AvgIpc) is 2.55. The normalized spacial score (nSPS) is 13.5. The van der Waals surface area contributed by atoms with Crippen LogP contribution >= 0.6 is 0 Å². The molecule has 0 fully saturated rings. The van der Waals surface area contributed by atoms with Gasteiger partial charge < -0.3 is 4.90 Å². The van der Waals surface area contributed by atoms with E-state index in [0.29, 0.717) is 0 Å². The molecular weight excluding hydrogens is 266 g/mol. The van der Waals surface area contributed by atoms with Gasteiger partial charge in [0, 0.05) is 18.4 Å². The summed E-state index contributed by atoms with van der Waals surface area (Å²) in [4.78, 5) is 2.18. The fourth-order valence-electron chi connectivity index (χ4n) is 1.97. The van der Waals surface area contributed by atoms with Crippen LogP contribution < -0.4 is 0 Å². The van der Waals surface area contributed by atoms with Crippen molar-refractivity contribution < 1.29 is 0 Å². The fourth-order valence-corrected chi connectivity index (χ4v) is 1.97. The summed E-state index contributed by atoms with van der Waals surface area (Å²) in [5.41, 5.74) is 4.71. The number of benzene rings is 1. The second kappa shape index (κ2) is 9.62. The summed E-state index contributed by atoms with van der Waals surface area (Å²) < 4.78 is 0. The van der Waals surface area contributed by atoms with Gasteiger partial charge in [-0.3, -0.25) is 0 Å². The Morgan fingerprint density at radius 3 is 2.27 bits per heavy atom. The van der Waals surface area contributed by atoms with E-state index >= 15 is 0 Å². The molecule has 0 saturated heterocycles. The van der Waals surface area contributed by atoms with Crippen LogP contribution in [0.5, 0.6) is 0 Å². The van der Waals surface area contributed by atoms with E-state index in [9.17, 15) is 0 Å². The molecule has 1 nitrogen and oxygen atoms in total. The first-order chi connectivity index (χ1) is 10.6. The maximum Gasteiger partial charge on any atom is 0.0142 e. The molecule has 0 aromatic heterocycles. The zero-order chi connectivity index (χ0) is 16.4. The largest absolute Gasteiger partial charge is 0.352 e. The summed E-state index contributed by atoms with van der Waals surface area (Å²) >= 11 is 0. The van der Waals surface area contributed by atoms with Gasteiger partial charge >= 0.3 is 0 Å². The molecular formula is C21H27N. The second-order valence-corrected chi connectivity index (χ2v) is 5.20. The summed E-state index contributed by atoms with van der Waals surface area (Å²) in [5.74, 6) is 0. The highest BCUT2D eigenvalue weighted by Gasteiger charge is 2.00. The number of hydrogen-bond donors (Lipinski definition) is 0. The maximum atomic E-state index is 3.91. The van der Waals surface area contributed by atoms with Crippen LogP contribution in [0, 0.1) is 0 Å². The Morgan fingerprint density at radius 1 is 1.05 bits per heavy atom. The first kappa shape index (κ1) is 17.8. The minimum Gasteiger partial charge on any atom is -0.352 e. The van der Waals surface area contributed by atoms with Gasteiger partial charge in [-0.15, -0.1) is 0 Å². The van der Waals surface area contributed by atoms with Crippen molar-refractivity contribution in [3.8, 4) is 0 Å². The summed E-state index contributed by atoms with van der Waals surface area (Å²) in [7, 11) is 2.08. The first-order valence-electron chi connectivity index (χ1n) is 7.73. The predicted molar refractivity (Wildman–Crippen MR) is 99.3 cm³/mol. The summed E-state index contributed by atoms with van der Waals surface area (Å²) in [6.45, 7) is 10.3. The summed E-state index contributed by atoms with van der Waals surface area (Å²) in [5, 5.41) is 0. The Kier molecular flexibility index (Phi) is 7.77. The van der Waals surface area contributed by atoms with Crippen LogP contribution in [-0.4, -0.2) is 11.9 Å². The Labute approximate surface area is 135 Å². The van der Waals surface area contributed by atoms with Crippen LogP contribution in [0.3, 0.4) is 0 Å². The van der Waals surface area contributed by atoms with Crippen LogP contribution in [0.15, 0.2) is 84.8 Å². The van der Waals surface area contributed by atoms with Gasteiger partial charge in [0.15, 0.2) is 0 Å². The lowest BCUT2D eigenvalue weighted by Gasteiger charge is -2.20. The van der Waals surface area contributed by atoms with E-state index in [1.54, 1.807) is 0 Å². The zero-order valence-corrected chi connectivity index (χ0v) is 14.2. The van der Waals surface area contributed by atoms with Crippen molar-refractivity contribution in [3.05, 3.63) is 90.3 Å². The van der Waals surface area contributed by atoms with Crippen LogP contribution in [0.2, 0.25) is 0 Å². The lowest BCUT2D eigenvalue weighted by molar-refractivity contribution is 0.522. The van der Waals surface area contributed by atoms with Crippen molar-refractivity contribution in [2.45, 2.75) is 27.2 Å². The van der Waals surface area contributed by atoms with Crippen LogP contribution in [0.25, 0.3) is 5.57 Å². The lowest BCUT2D eigenvalue weighted by atomic mass is 10.1. The Hall–Kier alpha value is -2.28. The monoisotopic (exact) mass is 293 g/mol. The molecule has 22 heavy (non-hydrogen) atoms. The highest BCUT2D eigenvalue weighted by molar-refractivity contribution is 5.74. The molecule has 0 bridgehead atoms. The van der Waals surface area contributed by atoms with E-state index < -0.39 is 0 Å². The maximum absolute atomic E-state index is 3.91. The molecule has 0 unspecified atom stereocenters. The minimum absolute atomic E-state index is 1.06. The van der Waals surface area contributed by atoms with Crippen LogP contribution in [-0.2, 0) is 0 Å². The molecule has 1 heteroatoms. The van der Waals surface area contributed by atoms with Crippen molar-refractivity contribution in [2.75, 3.05) is 7.05 Å². The molecule has 1 aromatic carbocycles. The molecule has 0 saturated carbocycles. The third-order valence-electron chi connectivity index (χ3n) is 3.60. The summed E-state index contributed by atoms with van der Waals surface area (Å²) in [6.07, 6.45) is 13.6. The predicted octanol–water partition coefficient (Wildman–Crippen LogP) is 5.96.